The molecule has 5 heteroatoms. The van der Waals surface area contributed by atoms with Gasteiger partial charge in [0.1, 0.15) is 5.78 Å². The van der Waals surface area contributed by atoms with E-state index in [0.717, 1.165) is 0 Å². The van der Waals surface area contributed by atoms with Crippen LogP contribution in [0.25, 0.3) is 0 Å². The summed E-state index contributed by atoms with van der Waals surface area (Å²) in [5.74, 6) is -1.52. The van der Waals surface area contributed by atoms with Crippen molar-refractivity contribution in [3.05, 3.63) is 0 Å². The number of ketones is 1. The van der Waals surface area contributed by atoms with Crippen LogP contribution in [0.3, 0.4) is 0 Å². The van der Waals surface area contributed by atoms with Gasteiger partial charge in [0.2, 0.25) is 0 Å². The molecular weight excluding hydrogens is 296 g/mol. The topological polar surface area (TPSA) is 83.8 Å². The van der Waals surface area contributed by atoms with E-state index in [9.17, 15) is 19.8 Å². The third-order valence-electron chi connectivity index (χ3n) is 4.98. The van der Waals surface area contributed by atoms with Crippen LogP contribution >= 0.6 is 0 Å². The van der Waals surface area contributed by atoms with Gasteiger partial charge in [-0.1, -0.05) is 34.6 Å². The van der Waals surface area contributed by atoms with Crippen LogP contribution in [0.2, 0.25) is 0 Å². The average molecular weight is 328 g/mol. The first-order chi connectivity index (χ1) is 10.6. The largest absolute Gasteiger partial charge is 0.465 e. The Morgan fingerprint density at radius 1 is 0.913 bits per heavy atom. The Morgan fingerprint density at radius 2 is 1.52 bits per heavy atom. The number of rotatable bonds is 0. The molecule has 0 saturated carbocycles. The minimum absolute atomic E-state index is 0.0483. The maximum absolute atomic E-state index is 12.4. The number of ether oxygens (including phenoxy) is 1. The van der Waals surface area contributed by atoms with Crippen LogP contribution in [-0.4, -0.2) is 40.8 Å². The maximum atomic E-state index is 12.4. The van der Waals surface area contributed by atoms with Crippen LogP contribution in [0.1, 0.15) is 53.9 Å². The van der Waals surface area contributed by atoms with Crippen LogP contribution in [-0.2, 0) is 14.3 Å². The molecule has 1 rings (SSSR count). The molecule has 2 N–H and O–H groups in total. The summed E-state index contributed by atoms with van der Waals surface area (Å²) in [7, 11) is 0. The van der Waals surface area contributed by atoms with Gasteiger partial charge in [-0.3, -0.25) is 9.59 Å². The van der Waals surface area contributed by atoms with Crippen molar-refractivity contribution in [1.82, 2.24) is 0 Å². The van der Waals surface area contributed by atoms with Gasteiger partial charge in [-0.05, 0) is 25.2 Å². The summed E-state index contributed by atoms with van der Waals surface area (Å²) >= 11 is 0. The van der Waals surface area contributed by atoms with Crippen LogP contribution in [0.15, 0.2) is 0 Å². The SMILES string of the molecule is CC1C[C@H](C)CC(O)C[C@@H](C)C(=O)C(C)C(O)[C@@H](C)COC1=O. The molecule has 1 heterocycles. The van der Waals surface area contributed by atoms with Crippen molar-refractivity contribution >= 4 is 11.8 Å². The van der Waals surface area contributed by atoms with E-state index in [1.807, 2.05) is 13.8 Å². The third kappa shape index (κ3) is 5.88. The van der Waals surface area contributed by atoms with Crippen molar-refractivity contribution in [3.63, 3.8) is 0 Å². The van der Waals surface area contributed by atoms with Gasteiger partial charge in [0, 0.05) is 17.8 Å². The zero-order valence-electron chi connectivity index (χ0n) is 15.0. The fraction of sp³-hybridized carbons (Fsp3) is 0.889. The predicted molar refractivity (Wildman–Crippen MR) is 87.7 cm³/mol. The number of esters is 1. The van der Waals surface area contributed by atoms with Crippen molar-refractivity contribution in [2.75, 3.05) is 6.61 Å². The summed E-state index contributed by atoms with van der Waals surface area (Å²) in [4.78, 5) is 24.5. The van der Waals surface area contributed by atoms with E-state index in [0.29, 0.717) is 19.3 Å². The highest BCUT2D eigenvalue weighted by molar-refractivity contribution is 5.83. The van der Waals surface area contributed by atoms with Gasteiger partial charge < -0.3 is 14.9 Å². The Hall–Kier alpha value is -0.940. The maximum Gasteiger partial charge on any atom is 0.308 e. The predicted octanol–water partition coefficient (Wildman–Crippen LogP) is 2.18. The summed E-state index contributed by atoms with van der Waals surface area (Å²) in [6, 6.07) is 0. The number of hydrogen-bond donors (Lipinski definition) is 2. The second kappa shape index (κ2) is 8.78. The Labute approximate surface area is 139 Å². The Morgan fingerprint density at radius 3 is 2.13 bits per heavy atom. The van der Waals surface area contributed by atoms with Gasteiger partial charge in [0.25, 0.3) is 0 Å². The summed E-state index contributed by atoms with van der Waals surface area (Å²) in [6.07, 6.45) is 0.172. The van der Waals surface area contributed by atoms with Crippen molar-refractivity contribution < 1.29 is 24.5 Å². The zero-order chi connectivity index (χ0) is 17.7. The molecule has 0 bridgehead atoms. The number of carbonyl (C=O) groups excluding carboxylic acids is 2. The molecule has 134 valence electrons. The van der Waals surface area contributed by atoms with Crippen molar-refractivity contribution in [2.24, 2.45) is 29.6 Å². The minimum Gasteiger partial charge on any atom is -0.465 e. The normalized spacial score (nSPS) is 42.0. The molecule has 7 atom stereocenters. The lowest BCUT2D eigenvalue weighted by Crippen LogP contribution is -2.37. The molecule has 1 fully saturated rings. The highest BCUT2D eigenvalue weighted by atomic mass is 16.5. The smallest absolute Gasteiger partial charge is 0.308 e. The Kier molecular flexibility index (Phi) is 7.68. The van der Waals surface area contributed by atoms with Gasteiger partial charge in [-0.25, -0.2) is 0 Å². The molecule has 0 aromatic rings. The molecule has 1 aliphatic heterocycles. The van der Waals surface area contributed by atoms with E-state index in [2.05, 4.69) is 0 Å². The lowest BCUT2D eigenvalue weighted by molar-refractivity contribution is -0.151. The number of Topliss-reactive ketones (excluding diaryl/α,β-unsaturated/α-hetero) is 1. The first-order valence-corrected chi connectivity index (χ1v) is 8.69. The molecule has 0 radical (unpaired) electrons. The molecule has 0 aromatic heterocycles. The van der Waals surface area contributed by atoms with Gasteiger partial charge in [0.05, 0.1) is 24.7 Å². The fourth-order valence-corrected chi connectivity index (χ4v) is 3.45. The standard InChI is InChI=1S/C18H32O5/c1-10-6-12(3)18(22)23-9-13(4)17(21)14(5)16(20)11(2)8-15(19)7-10/h10-15,17,19,21H,6-9H2,1-5H3/t10-,11+,12?,13-,14?,15?,17?/m0/s1. The summed E-state index contributed by atoms with van der Waals surface area (Å²) in [6.45, 7) is 9.23. The Bertz CT molecular complexity index is 408. The van der Waals surface area contributed by atoms with Gasteiger partial charge in [-0.2, -0.15) is 0 Å². The number of aliphatic hydroxyl groups is 2. The van der Waals surface area contributed by atoms with E-state index >= 15 is 0 Å². The first-order valence-electron chi connectivity index (χ1n) is 8.69. The molecule has 5 nitrogen and oxygen atoms in total. The van der Waals surface area contributed by atoms with Gasteiger partial charge >= 0.3 is 5.97 Å². The minimum atomic E-state index is -0.855. The van der Waals surface area contributed by atoms with E-state index in [1.165, 1.54) is 0 Å². The van der Waals surface area contributed by atoms with Gasteiger partial charge in [-0.15, -0.1) is 0 Å². The molecule has 0 aromatic carbocycles. The van der Waals surface area contributed by atoms with Crippen molar-refractivity contribution in [1.29, 1.82) is 0 Å². The number of aliphatic hydroxyl groups excluding tert-OH is 2. The van der Waals surface area contributed by atoms with Crippen molar-refractivity contribution in [2.45, 2.75) is 66.1 Å². The van der Waals surface area contributed by atoms with E-state index < -0.39 is 18.1 Å². The highest BCUT2D eigenvalue weighted by Crippen LogP contribution is 2.25. The number of hydrogen-bond acceptors (Lipinski definition) is 5. The number of carbonyl (C=O) groups is 2. The third-order valence-corrected chi connectivity index (χ3v) is 4.98. The number of cyclic esters (lactones) is 1. The van der Waals surface area contributed by atoms with Crippen LogP contribution in [0.4, 0.5) is 0 Å². The zero-order valence-corrected chi connectivity index (χ0v) is 15.0. The average Bonchev–Trinajstić information content (AvgIpc) is 2.48. The molecule has 1 aliphatic rings. The Balaban J connectivity index is 2.89. The molecule has 4 unspecified atom stereocenters. The monoisotopic (exact) mass is 328 g/mol. The quantitative estimate of drug-likeness (QED) is 0.666. The lowest BCUT2D eigenvalue weighted by atomic mass is 9.82. The molecule has 0 spiro atoms. The van der Waals surface area contributed by atoms with E-state index in [4.69, 9.17) is 4.74 Å². The molecule has 1 saturated heterocycles. The van der Waals surface area contributed by atoms with Crippen LogP contribution in [0, 0.1) is 29.6 Å². The molecular formula is C18H32O5. The van der Waals surface area contributed by atoms with E-state index in [1.54, 1.807) is 20.8 Å². The van der Waals surface area contributed by atoms with Gasteiger partial charge in [0.15, 0.2) is 0 Å². The lowest BCUT2D eigenvalue weighted by Gasteiger charge is -2.28. The first kappa shape index (κ1) is 20.1. The second-order valence-electron chi connectivity index (χ2n) is 7.56. The van der Waals surface area contributed by atoms with Crippen LogP contribution < -0.4 is 0 Å². The van der Waals surface area contributed by atoms with E-state index in [-0.39, 0.29) is 42.0 Å². The van der Waals surface area contributed by atoms with Crippen LogP contribution in [0.5, 0.6) is 0 Å². The highest BCUT2D eigenvalue weighted by Gasteiger charge is 2.32. The summed E-state index contributed by atoms with van der Waals surface area (Å²) in [5, 5.41) is 20.5. The molecule has 0 aliphatic carbocycles. The van der Waals surface area contributed by atoms with Crippen molar-refractivity contribution in [3.8, 4) is 0 Å². The summed E-state index contributed by atoms with van der Waals surface area (Å²) < 4.78 is 5.29. The molecule has 0 amide bonds. The molecule has 23 heavy (non-hydrogen) atoms. The fourth-order valence-electron chi connectivity index (χ4n) is 3.45. The summed E-state index contributed by atoms with van der Waals surface area (Å²) in [5.41, 5.74) is 0. The second-order valence-corrected chi connectivity index (χ2v) is 7.56.